The van der Waals surface area contributed by atoms with E-state index in [1.54, 1.807) is 4.40 Å². The van der Waals surface area contributed by atoms with E-state index in [1.165, 1.54) is 17.3 Å². The Morgan fingerprint density at radius 3 is 2.63 bits per heavy atom. The minimum Gasteiger partial charge on any atom is -0.325 e. The zero-order valence-electron chi connectivity index (χ0n) is 20.2. The molecule has 35 heavy (non-hydrogen) atoms. The van der Waals surface area contributed by atoms with E-state index >= 15 is 0 Å². The van der Waals surface area contributed by atoms with Crippen molar-refractivity contribution in [2.24, 2.45) is 0 Å². The van der Waals surface area contributed by atoms with Crippen LogP contribution in [0.3, 0.4) is 0 Å². The predicted octanol–water partition coefficient (Wildman–Crippen LogP) is 4.92. The molecule has 0 saturated carbocycles. The Bertz CT molecular complexity index is 1460. The van der Waals surface area contributed by atoms with Crippen LogP contribution < -0.4 is 10.9 Å². The van der Waals surface area contributed by atoms with E-state index in [9.17, 15) is 9.59 Å². The zero-order valence-corrected chi connectivity index (χ0v) is 21.1. The second kappa shape index (κ2) is 9.34. The van der Waals surface area contributed by atoms with Crippen LogP contribution in [0.25, 0.3) is 17.0 Å². The van der Waals surface area contributed by atoms with Gasteiger partial charge in [-0.25, -0.2) is 14.1 Å². The van der Waals surface area contributed by atoms with Crippen molar-refractivity contribution in [1.29, 1.82) is 0 Å². The van der Waals surface area contributed by atoms with Crippen molar-refractivity contribution in [3.63, 3.8) is 0 Å². The maximum Gasteiger partial charge on any atom is 0.265 e. The molecule has 0 radical (unpaired) electrons. The van der Waals surface area contributed by atoms with Gasteiger partial charge in [0.1, 0.15) is 0 Å². The van der Waals surface area contributed by atoms with Crippen LogP contribution in [0.1, 0.15) is 44.7 Å². The molecule has 0 saturated heterocycles. The summed E-state index contributed by atoms with van der Waals surface area (Å²) in [7, 11) is 0. The molecule has 5 rings (SSSR count). The number of aromatic nitrogens is 4. The van der Waals surface area contributed by atoms with Gasteiger partial charge in [-0.2, -0.15) is 0 Å². The molecule has 1 aliphatic carbocycles. The molecule has 1 N–H and O–H groups in total. The number of nitrogens with one attached hydrogen (secondary N) is 1. The molecule has 8 heteroatoms. The van der Waals surface area contributed by atoms with Gasteiger partial charge in [-0.1, -0.05) is 81.4 Å². The fourth-order valence-electron chi connectivity index (χ4n) is 4.72. The Balaban J connectivity index is 1.58. The van der Waals surface area contributed by atoms with Crippen molar-refractivity contribution in [2.45, 2.75) is 57.1 Å². The van der Waals surface area contributed by atoms with Gasteiger partial charge in [0.05, 0.1) is 17.0 Å². The summed E-state index contributed by atoms with van der Waals surface area (Å²) in [6.45, 7) is 6.97. The Kier molecular flexibility index (Phi) is 6.23. The molecule has 2 aromatic carbocycles. The van der Waals surface area contributed by atoms with E-state index in [2.05, 4.69) is 32.2 Å². The predicted molar refractivity (Wildman–Crippen MR) is 140 cm³/mol. The molecule has 0 atom stereocenters. The Morgan fingerprint density at radius 1 is 1.11 bits per heavy atom. The maximum atomic E-state index is 14.0. The summed E-state index contributed by atoms with van der Waals surface area (Å²) in [6, 6.07) is 17.5. The highest BCUT2D eigenvalue weighted by molar-refractivity contribution is 7.99. The monoisotopic (exact) mass is 487 g/mol. The second-order valence-electron chi connectivity index (χ2n) is 9.56. The lowest BCUT2D eigenvalue weighted by Crippen LogP contribution is -2.36. The normalized spacial score (nSPS) is 13.9. The number of benzene rings is 2. The van der Waals surface area contributed by atoms with Gasteiger partial charge in [0.15, 0.2) is 5.16 Å². The van der Waals surface area contributed by atoms with Crippen LogP contribution in [0, 0.1) is 0 Å². The number of nitrogens with zero attached hydrogens (tertiary/aromatic N) is 4. The summed E-state index contributed by atoms with van der Waals surface area (Å²) in [6.07, 6.45) is 2.69. The van der Waals surface area contributed by atoms with Gasteiger partial charge in [-0.05, 0) is 30.5 Å². The molecule has 1 amide bonds. The van der Waals surface area contributed by atoms with Crippen molar-refractivity contribution in [3.8, 4) is 11.3 Å². The van der Waals surface area contributed by atoms with Gasteiger partial charge < -0.3 is 5.32 Å². The lowest BCUT2D eigenvalue weighted by atomic mass is 9.72. The number of fused-ring (bicyclic) bond motifs is 4. The number of para-hydroxylation sites is 1. The highest BCUT2D eigenvalue weighted by Crippen LogP contribution is 2.40. The van der Waals surface area contributed by atoms with E-state index in [0.717, 1.165) is 36.2 Å². The molecule has 1 aliphatic rings. The number of hydrogen-bond donors (Lipinski definition) is 1. The summed E-state index contributed by atoms with van der Waals surface area (Å²) < 4.78 is 3.41. The van der Waals surface area contributed by atoms with Gasteiger partial charge >= 0.3 is 0 Å². The minimum atomic E-state index is -0.368. The van der Waals surface area contributed by atoms with Crippen molar-refractivity contribution in [2.75, 3.05) is 11.1 Å². The first-order chi connectivity index (χ1) is 16.9. The lowest BCUT2D eigenvalue weighted by Gasteiger charge is -2.32. The molecule has 4 aromatic rings. The third-order valence-electron chi connectivity index (χ3n) is 6.39. The largest absolute Gasteiger partial charge is 0.325 e. The van der Waals surface area contributed by atoms with Crippen LogP contribution in [0.5, 0.6) is 0 Å². The average Bonchev–Trinajstić information content (AvgIpc) is 3.19. The molecular weight excluding hydrogens is 458 g/mol. The van der Waals surface area contributed by atoms with Crippen molar-refractivity contribution < 1.29 is 4.79 Å². The number of amides is 1. The molecule has 0 unspecified atom stereocenters. The third kappa shape index (κ3) is 4.38. The number of unbranched alkanes of at least 4 members (excludes halogenated alkanes) is 1. The highest BCUT2D eigenvalue weighted by Gasteiger charge is 2.36. The molecule has 7 nitrogen and oxygen atoms in total. The molecule has 0 bridgehead atoms. The standard InChI is InChI=1S/C27H29N5O2S/c1-4-5-15-31-25-29-23-20-14-10-9-11-18(20)16-27(2,3)22(23)24(34)32(25)26(30-31)35-17-21(33)28-19-12-7-6-8-13-19/h6-14H,4-5,15-17H2,1-3H3,(H,28,33). The molecule has 0 fully saturated rings. The van der Waals surface area contributed by atoms with E-state index in [0.29, 0.717) is 23.0 Å². The van der Waals surface area contributed by atoms with Crippen molar-refractivity contribution in [1.82, 2.24) is 19.2 Å². The van der Waals surface area contributed by atoms with E-state index < -0.39 is 0 Å². The van der Waals surface area contributed by atoms with Crippen LogP contribution in [0.4, 0.5) is 5.69 Å². The second-order valence-corrected chi connectivity index (χ2v) is 10.5. The number of aryl methyl sites for hydroxylation is 1. The number of rotatable bonds is 7. The third-order valence-corrected chi connectivity index (χ3v) is 7.32. The first-order valence-electron chi connectivity index (χ1n) is 12.0. The molecule has 0 aliphatic heterocycles. The van der Waals surface area contributed by atoms with Gasteiger partial charge in [0.25, 0.3) is 5.56 Å². The molecule has 180 valence electrons. The summed E-state index contributed by atoms with van der Waals surface area (Å²) >= 11 is 1.26. The number of carbonyl (C=O) groups is 1. The number of anilines is 1. The van der Waals surface area contributed by atoms with Crippen LogP contribution in [-0.4, -0.2) is 30.8 Å². The summed E-state index contributed by atoms with van der Waals surface area (Å²) in [5, 5.41) is 8.13. The van der Waals surface area contributed by atoms with Crippen molar-refractivity contribution >= 4 is 29.1 Å². The van der Waals surface area contributed by atoms with Crippen molar-refractivity contribution in [3.05, 3.63) is 76.1 Å². The molecule has 2 aromatic heterocycles. The highest BCUT2D eigenvalue weighted by atomic mass is 32.2. The zero-order chi connectivity index (χ0) is 24.6. The Morgan fingerprint density at radius 2 is 1.86 bits per heavy atom. The van der Waals surface area contributed by atoms with E-state index in [1.807, 2.05) is 53.2 Å². The minimum absolute atomic E-state index is 0.0989. The fraction of sp³-hybridized carbons (Fsp3) is 0.333. The summed E-state index contributed by atoms with van der Waals surface area (Å²) in [5.41, 5.74) is 3.95. The molecule has 2 heterocycles. The lowest BCUT2D eigenvalue weighted by molar-refractivity contribution is -0.113. The average molecular weight is 488 g/mol. The SMILES string of the molecule is CCCCn1nc(SCC(=O)Nc2ccccc2)n2c(=O)c3c(nc12)-c1ccccc1CC3(C)C. The maximum absolute atomic E-state index is 14.0. The quantitative estimate of drug-likeness (QED) is 0.374. The van der Waals surface area contributed by atoms with Crippen LogP contribution in [0.15, 0.2) is 64.5 Å². The van der Waals surface area contributed by atoms with Gasteiger partial charge in [-0.15, -0.1) is 5.10 Å². The van der Waals surface area contributed by atoms with Gasteiger partial charge in [-0.3, -0.25) is 9.59 Å². The first kappa shape index (κ1) is 23.4. The number of hydrogen-bond acceptors (Lipinski definition) is 5. The summed E-state index contributed by atoms with van der Waals surface area (Å²) in [5.74, 6) is 0.524. The van der Waals surface area contributed by atoms with Gasteiger partial charge in [0, 0.05) is 23.2 Å². The Labute approximate surface area is 208 Å². The Hall–Kier alpha value is -3.39. The number of thioether (sulfide) groups is 1. The van der Waals surface area contributed by atoms with Crippen LogP contribution >= 0.6 is 11.8 Å². The fourth-order valence-corrected chi connectivity index (χ4v) is 5.51. The summed E-state index contributed by atoms with van der Waals surface area (Å²) in [4.78, 5) is 31.6. The molecule has 0 spiro atoms. The van der Waals surface area contributed by atoms with Gasteiger partial charge in [0.2, 0.25) is 11.7 Å². The first-order valence-corrected chi connectivity index (χ1v) is 13.0. The van der Waals surface area contributed by atoms with Crippen LogP contribution in [-0.2, 0) is 23.2 Å². The van der Waals surface area contributed by atoms with Crippen LogP contribution in [0.2, 0.25) is 0 Å². The topological polar surface area (TPSA) is 81.3 Å². The van der Waals surface area contributed by atoms with E-state index in [4.69, 9.17) is 10.1 Å². The smallest absolute Gasteiger partial charge is 0.265 e. The number of carbonyl (C=O) groups excluding carboxylic acids is 1. The van der Waals surface area contributed by atoms with E-state index in [-0.39, 0.29) is 22.6 Å². The molecular formula is C27H29N5O2S.